The van der Waals surface area contributed by atoms with E-state index < -0.39 is 0 Å². The molecule has 3 aromatic rings. The summed E-state index contributed by atoms with van der Waals surface area (Å²) >= 11 is 6.31. The number of halogens is 1. The number of hydrogen-bond donors (Lipinski definition) is 1. The predicted octanol–water partition coefficient (Wildman–Crippen LogP) is 6.39. The van der Waals surface area contributed by atoms with Gasteiger partial charge in [-0.05, 0) is 22.8 Å². The van der Waals surface area contributed by atoms with Crippen molar-refractivity contribution in [1.82, 2.24) is 0 Å². The minimum Gasteiger partial charge on any atom is -0.506 e. The highest BCUT2D eigenvalue weighted by Crippen LogP contribution is 2.32. The molecule has 3 aromatic carbocycles. The quantitative estimate of drug-likeness (QED) is 0.549. The van der Waals surface area contributed by atoms with Gasteiger partial charge in [0.05, 0.1) is 5.02 Å². The Morgan fingerprint density at radius 2 is 1.17 bits per heavy atom. The van der Waals surface area contributed by atoms with Gasteiger partial charge in [0, 0.05) is 5.56 Å². The first kappa shape index (κ1) is 16.1. The molecule has 1 nitrogen and oxygen atoms in total. The average molecular weight is 333 g/mol. The molecule has 0 atom stereocenters. The lowest BCUT2D eigenvalue weighted by Gasteiger charge is -2.06. The highest BCUT2D eigenvalue weighted by molar-refractivity contribution is 6.33. The lowest BCUT2D eigenvalue weighted by molar-refractivity contribution is 0.475. The molecule has 0 heterocycles. The monoisotopic (exact) mass is 332 g/mol. The van der Waals surface area contributed by atoms with E-state index >= 15 is 0 Å². The molecule has 2 heteroatoms. The summed E-state index contributed by atoms with van der Waals surface area (Å²) in [4.78, 5) is 0. The van der Waals surface area contributed by atoms with Gasteiger partial charge in [0.2, 0.25) is 0 Å². The molecular weight excluding hydrogens is 316 g/mol. The summed E-state index contributed by atoms with van der Waals surface area (Å²) in [6, 6.07) is 23.5. The average Bonchev–Trinajstić information content (AvgIpc) is 2.63. The third-order valence-electron chi connectivity index (χ3n) is 3.69. The fourth-order valence-corrected chi connectivity index (χ4v) is 2.64. The zero-order valence-corrected chi connectivity index (χ0v) is 13.8. The second kappa shape index (κ2) is 7.67. The zero-order valence-electron chi connectivity index (χ0n) is 13.1. The van der Waals surface area contributed by atoms with E-state index in [1.165, 1.54) is 0 Å². The first-order chi connectivity index (χ1) is 11.7. The highest BCUT2D eigenvalue weighted by atomic mass is 35.5. The van der Waals surface area contributed by atoms with Crippen molar-refractivity contribution in [3.63, 3.8) is 0 Å². The molecular formula is C22H17ClO. The fourth-order valence-electron chi connectivity index (χ4n) is 2.40. The van der Waals surface area contributed by atoms with Crippen LogP contribution in [0.25, 0.3) is 24.3 Å². The SMILES string of the molecule is Oc1ccc(C=Cc2ccccc2)c(C=Cc2ccccc2)c1Cl. The Kier molecular flexibility index (Phi) is 5.15. The van der Waals surface area contributed by atoms with E-state index in [-0.39, 0.29) is 5.75 Å². The van der Waals surface area contributed by atoms with Crippen LogP contribution >= 0.6 is 11.6 Å². The second-order valence-electron chi connectivity index (χ2n) is 5.39. The molecule has 0 saturated carbocycles. The van der Waals surface area contributed by atoms with E-state index in [0.29, 0.717) is 5.02 Å². The summed E-state index contributed by atoms with van der Waals surface area (Å²) in [6.45, 7) is 0. The second-order valence-corrected chi connectivity index (χ2v) is 5.77. The smallest absolute Gasteiger partial charge is 0.134 e. The van der Waals surface area contributed by atoms with Gasteiger partial charge in [-0.15, -0.1) is 0 Å². The Bertz CT molecular complexity index is 865. The van der Waals surface area contributed by atoms with Gasteiger partial charge in [0.1, 0.15) is 5.75 Å². The van der Waals surface area contributed by atoms with Gasteiger partial charge in [-0.3, -0.25) is 0 Å². The maximum atomic E-state index is 9.92. The van der Waals surface area contributed by atoms with Crippen LogP contribution < -0.4 is 0 Å². The molecule has 0 unspecified atom stereocenters. The molecule has 0 aromatic heterocycles. The van der Waals surface area contributed by atoms with Gasteiger partial charge in [0.25, 0.3) is 0 Å². The van der Waals surface area contributed by atoms with Crippen molar-refractivity contribution in [2.45, 2.75) is 0 Å². The largest absolute Gasteiger partial charge is 0.506 e. The summed E-state index contributed by atoms with van der Waals surface area (Å²) in [6.07, 6.45) is 7.95. The van der Waals surface area contributed by atoms with Crippen LogP contribution in [0.3, 0.4) is 0 Å². The first-order valence-electron chi connectivity index (χ1n) is 7.72. The van der Waals surface area contributed by atoms with Crippen LogP contribution in [0, 0.1) is 0 Å². The van der Waals surface area contributed by atoms with Crippen LogP contribution in [0.1, 0.15) is 22.3 Å². The number of aromatic hydroxyl groups is 1. The van der Waals surface area contributed by atoms with E-state index in [2.05, 4.69) is 0 Å². The van der Waals surface area contributed by atoms with Crippen LogP contribution in [-0.2, 0) is 0 Å². The van der Waals surface area contributed by atoms with E-state index in [1.54, 1.807) is 6.07 Å². The topological polar surface area (TPSA) is 20.2 Å². The minimum absolute atomic E-state index is 0.0845. The van der Waals surface area contributed by atoms with Crippen molar-refractivity contribution < 1.29 is 5.11 Å². The number of phenols is 1. The molecule has 1 N–H and O–H groups in total. The van der Waals surface area contributed by atoms with Gasteiger partial charge in [0.15, 0.2) is 0 Å². The third-order valence-corrected chi connectivity index (χ3v) is 4.09. The number of rotatable bonds is 4. The molecule has 3 rings (SSSR count). The van der Waals surface area contributed by atoms with Gasteiger partial charge >= 0.3 is 0 Å². The van der Waals surface area contributed by atoms with Crippen LogP contribution in [0.15, 0.2) is 72.8 Å². The molecule has 0 bridgehead atoms. The molecule has 0 radical (unpaired) electrons. The lowest BCUT2D eigenvalue weighted by Crippen LogP contribution is -1.84. The molecule has 0 fully saturated rings. The van der Waals surface area contributed by atoms with E-state index in [4.69, 9.17) is 11.6 Å². The molecule has 0 aliphatic rings. The van der Waals surface area contributed by atoms with E-state index in [9.17, 15) is 5.11 Å². The number of benzene rings is 3. The molecule has 0 spiro atoms. The Labute approximate surface area is 147 Å². The Hall–Kier alpha value is -2.77. The van der Waals surface area contributed by atoms with Crippen molar-refractivity contribution in [3.05, 3.63) is 100 Å². The maximum absolute atomic E-state index is 9.92. The summed E-state index contributed by atoms with van der Waals surface area (Å²) in [5.41, 5.74) is 3.94. The van der Waals surface area contributed by atoms with Gasteiger partial charge in [-0.2, -0.15) is 0 Å². The van der Waals surface area contributed by atoms with Gasteiger partial charge in [-0.25, -0.2) is 0 Å². The zero-order chi connectivity index (χ0) is 16.8. The summed E-state index contributed by atoms with van der Waals surface area (Å²) in [7, 11) is 0. The molecule has 0 aliphatic heterocycles. The molecule has 0 aliphatic carbocycles. The van der Waals surface area contributed by atoms with E-state index in [1.807, 2.05) is 91.0 Å². The predicted molar refractivity (Wildman–Crippen MR) is 104 cm³/mol. The van der Waals surface area contributed by atoms with Crippen molar-refractivity contribution in [2.24, 2.45) is 0 Å². The van der Waals surface area contributed by atoms with Crippen LogP contribution in [0.4, 0.5) is 0 Å². The summed E-state index contributed by atoms with van der Waals surface area (Å²) < 4.78 is 0. The van der Waals surface area contributed by atoms with Crippen LogP contribution in [0.2, 0.25) is 5.02 Å². The van der Waals surface area contributed by atoms with Crippen molar-refractivity contribution in [1.29, 1.82) is 0 Å². The standard InChI is InChI=1S/C22H17ClO/c23-22-20(15-12-18-9-5-2-6-10-18)19(14-16-21(22)24)13-11-17-7-3-1-4-8-17/h1-16,24H. The normalized spacial score (nSPS) is 11.4. The highest BCUT2D eigenvalue weighted by Gasteiger charge is 2.07. The summed E-state index contributed by atoms with van der Waals surface area (Å²) in [5.74, 6) is 0.0845. The minimum atomic E-state index is 0.0845. The molecule has 0 saturated heterocycles. The van der Waals surface area contributed by atoms with Crippen molar-refractivity contribution in [3.8, 4) is 5.75 Å². The van der Waals surface area contributed by atoms with Crippen LogP contribution in [-0.4, -0.2) is 5.11 Å². The maximum Gasteiger partial charge on any atom is 0.134 e. The summed E-state index contributed by atoms with van der Waals surface area (Å²) in [5, 5.41) is 10.3. The van der Waals surface area contributed by atoms with Crippen molar-refractivity contribution in [2.75, 3.05) is 0 Å². The molecule has 118 valence electrons. The Morgan fingerprint density at radius 3 is 1.75 bits per heavy atom. The Balaban J connectivity index is 1.96. The lowest BCUT2D eigenvalue weighted by atomic mass is 10.0. The molecule has 0 amide bonds. The first-order valence-corrected chi connectivity index (χ1v) is 8.09. The number of phenolic OH excluding ortho intramolecular Hbond substituents is 1. The Morgan fingerprint density at radius 1 is 0.625 bits per heavy atom. The van der Waals surface area contributed by atoms with Gasteiger partial charge in [-0.1, -0.05) is 103 Å². The molecule has 24 heavy (non-hydrogen) atoms. The van der Waals surface area contributed by atoms with Crippen LogP contribution in [0.5, 0.6) is 5.75 Å². The third kappa shape index (κ3) is 3.95. The van der Waals surface area contributed by atoms with Gasteiger partial charge < -0.3 is 5.11 Å². The van der Waals surface area contributed by atoms with Crippen molar-refractivity contribution >= 4 is 35.9 Å². The number of hydrogen-bond acceptors (Lipinski definition) is 1. The van der Waals surface area contributed by atoms with E-state index in [0.717, 1.165) is 22.3 Å². The fraction of sp³-hybridized carbons (Fsp3) is 0.